The zero-order valence-electron chi connectivity index (χ0n) is 15.2. The summed E-state index contributed by atoms with van der Waals surface area (Å²) in [5.41, 5.74) is 7.49. The van der Waals surface area contributed by atoms with E-state index in [1.165, 1.54) is 16.7 Å². The van der Waals surface area contributed by atoms with Crippen LogP contribution in [0, 0.1) is 11.5 Å². The maximum Gasteiger partial charge on any atom is 3.00 e. The van der Waals surface area contributed by atoms with Gasteiger partial charge in [-0.3, -0.25) is 6.08 Å². The van der Waals surface area contributed by atoms with Gasteiger partial charge in [-0.25, -0.2) is 5.57 Å². The van der Waals surface area contributed by atoms with E-state index in [1.54, 1.807) is 19.9 Å². The summed E-state index contributed by atoms with van der Waals surface area (Å²) < 4.78 is 3.28. The summed E-state index contributed by atoms with van der Waals surface area (Å²) in [6.45, 7) is 19.9. The molecule has 0 atom stereocenters. The molecular formula is C18H27AsCl2Zr. The van der Waals surface area contributed by atoms with Gasteiger partial charge in [-0.05, 0) is 0 Å². The molecule has 1 heterocycles. The van der Waals surface area contributed by atoms with E-state index >= 15 is 0 Å². The van der Waals surface area contributed by atoms with Crippen molar-refractivity contribution in [1.29, 1.82) is 0 Å². The van der Waals surface area contributed by atoms with Crippen molar-refractivity contribution in [1.82, 2.24) is 0 Å². The minimum absolute atomic E-state index is 0. The van der Waals surface area contributed by atoms with Crippen molar-refractivity contribution in [3.8, 4) is 0 Å². The first-order valence-electron chi connectivity index (χ1n) is 6.95. The van der Waals surface area contributed by atoms with E-state index < -0.39 is 0 Å². The molecule has 1 aliphatic carbocycles. The van der Waals surface area contributed by atoms with Gasteiger partial charge in [0, 0.05) is 0 Å². The summed E-state index contributed by atoms with van der Waals surface area (Å²) in [5.74, 6) is 0. The molecule has 0 saturated carbocycles. The van der Waals surface area contributed by atoms with Gasteiger partial charge in [0.15, 0.2) is 0 Å². The van der Waals surface area contributed by atoms with Crippen molar-refractivity contribution in [2.75, 3.05) is 0 Å². The third kappa shape index (κ3) is 6.47. The van der Waals surface area contributed by atoms with Gasteiger partial charge in [0.05, 0.1) is 0 Å². The molecule has 2 radical (unpaired) electrons. The van der Waals surface area contributed by atoms with Gasteiger partial charge >= 0.3 is 89.5 Å². The Hall–Kier alpha value is 0.982. The van der Waals surface area contributed by atoms with Crippen molar-refractivity contribution in [3.05, 3.63) is 42.7 Å². The van der Waals surface area contributed by atoms with Gasteiger partial charge in [0.25, 0.3) is 0 Å². The van der Waals surface area contributed by atoms with Gasteiger partial charge in [0.1, 0.15) is 0 Å². The van der Waals surface area contributed by atoms with Gasteiger partial charge in [-0.15, -0.1) is 6.92 Å². The average molecular weight is 480 g/mol. The number of hydrogen-bond donors (Lipinski definition) is 0. The minimum atomic E-state index is 0. The molecule has 1 aliphatic heterocycles. The standard InChI is InChI=1S/C10H15.C8H12As.2ClH.Zr/c1-7-6-10(4,5)9(3)8(7)2;1-5-6(2)8(4)9-7(5)3;;;/h1-5H3;1-4H3;2*1H;/q-1;;;;+3/p-2. The summed E-state index contributed by atoms with van der Waals surface area (Å²) in [5, 5.41) is 0. The number of rotatable bonds is 0. The predicted molar refractivity (Wildman–Crippen MR) is 87.1 cm³/mol. The second-order valence-electron chi connectivity index (χ2n) is 6.16. The first-order valence-corrected chi connectivity index (χ1v) is 8.82. The molecule has 0 spiro atoms. The summed E-state index contributed by atoms with van der Waals surface area (Å²) in [6.07, 6.45) is 3.44. The third-order valence-corrected chi connectivity index (χ3v) is 7.36. The summed E-state index contributed by atoms with van der Waals surface area (Å²) in [6, 6.07) is 0. The summed E-state index contributed by atoms with van der Waals surface area (Å²) >= 11 is 0.430. The van der Waals surface area contributed by atoms with Crippen LogP contribution < -0.4 is 24.8 Å². The van der Waals surface area contributed by atoms with Crippen LogP contribution in [0.25, 0.3) is 0 Å². The van der Waals surface area contributed by atoms with Crippen molar-refractivity contribution >= 4 is 15.8 Å². The summed E-state index contributed by atoms with van der Waals surface area (Å²) in [4.78, 5) is 0. The molecule has 2 rings (SSSR count). The Kier molecular flexibility index (Phi) is 13.6. The fraction of sp³-hybridized carbons (Fsp3) is 0.556. The van der Waals surface area contributed by atoms with E-state index in [0.29, 0.717) is 15.8 Å². The van der Waals surface area contributed by atoms with E-state index in [-0.39, 0.29) is 56.4 Å². The maximum absolute atomic E-state index is 3.44. The van der Waals surface area contributed by atoms with E-state index in [4.69, 9.17) is 0 Å². The number of halogens is 2. The van der Waals surface area contributed by atoms with Crippen LogP contribution in [-0.2, 0) is 26.2 Å². The Morgan fingerprint density at radius 2 is 1.09 bits per heavy atom. The van der Waals surface area contributed by atoms with Gasteiger partial charge in [-0.2, -0.15) is 11.1 Å². The Bertz CT molecular complexity index is 501. The molecule has 0 amide bonds. The molecule has 22 heavy (non-hydrogen) atoms. The Balaban J connectivity index is -0.000000290. The quantitative estimate of drug-likeness (QED) is 0.321. The molecule has 0 fully saturated rings. The van der Waals surface area contributed by atoms with Crippen molar-refractivity contribution in [3.63, 3.8) is 0 Å². The second-order valence-corrected chi connectivity index (χ2v) is 9.44. The van der Waals surface area contributed by atoms with Gasteiger partial charge in [-0.1, -0.05) is 33.1 Å². The molecule has 0 saturated heterocycles. The predicted octanol–water partition coefficient (Wildman–Crippen LogP) is -0.590. The molecule has 0 aromatic carbocycles. The zero-order valence-corrected chi connectivity index (χ0v) is 21.0. The zero-order chi connectivity index (χ0) is 15.0. The van der Waals surface area contributed by atoms with Crippen LogP contribution in [-0.4, -0.2) is 15.8 Å². The van der Waals surface area contributed by atoms with E-state index in [9.17, 15) is 0 Å². The van der Waals surface area contributed by atoms with Crippen LogP contribution >= 0.6 is 0 Å². The topological polar surface area (TPSA) is 0 Å². The fourth-order valence-electron chi connectivity index (χ4n) is 2.37. The second kappa shape index (κ2) is 10.8. The Morgan fingerprint density at radius 1 is 0.727 bits per heavy atom. The van der Waals surface area contributed by atoms with E-state index in [2.05, 4.69) is 68.4 Å². The van der Waals surface area contributed by atoms with Crippen LogP contribution in [0.15, 0.2) is 36.6 Å². The molecule has 0 N–H and O–H groups in total. The van der Waals surface area contributed by atoms with Crippen molar-refractivity contribution in [2.24, 2.45) is 5.41 Å². The first kappa shape index (κ1) is 27.8. The largest absolute Gasteiger partial charge is 3.00 e. The smallest absolute Gasteiger partial charge is 1.00 e. The number of allylic oxidation sites excluding steroid dienone is 8. The van der Waals surface area contributed by atoms with Crippen molar-refractivity contribution < 1.29 is 51.0 Å². The molecule has 0 bridgehead atoms. The monoisotopic (exact) mass is 478 g/mol. The molecule has 0 unspecified atom stereocenters. The fourth-order valence-corrected chi connectivity index (χ4v) is 4.83. The van der Waals surface area contributed by atoms with Crippen molar-refractivity contribution in [2.45, 2.75) is 62.3 Å². The molecule has 0 nitrogen and oxygen atoms in total. The third-order valence-electron chi connectivity index (χ3n) is 4.55. The van der Waals surface area contributed by atoms with Crippen LogP contribution in [0.2, 0.25) is 0 Å². The van der Waals surface area contributed by atoms with Gasteiger partial charge < -0.3 is 24.8 Å². The summed E-state index contributed by atoms with van der Waals surface area (Å²) in [7, 11) is 0. The SMILES string of the molecule is CC1=C(C)C(C)=C(C)[As]1.CC1=[C-]C(C)(C)C(C)=C1C.[Cl-].[Cl-].[Zr+3]. The molecule has 0 aromatic rings. The van der Waals surface area contributed by atoms with Crippen LogP contribution in [0.3, 0.4) is 0 Å². The molecule has 122 valence electrons. The minimum Gasteiger partial charge on any atom is -1.00 e. The Morgan fingerprint density at radius 3 is 1.18 bits per heavy atom. The first-order chi connectivity index (χ1) is 8.58. The van der Waals surface area contributed by atoms with Crippen LogP contribution in [0.1, 0.15) is 62.3 Å². The van der Waals surface area contributed by atoms with E-state index in [0.717, 1.165) is 0 Å². The molecule has 2 aliphatic rings. The van der Waals surface area contributed by atoms with Gasteiger partial charge in [0.2, 0.25) is 0 Å². The average Bonchev–Trinajstić information content (AvgIpc) is 2.63. The molecule has 0 aromatic heterocycles. The normalized spacial score (nSPS) is 18.9. The van der Waals surface area contributed by atoms with Crippen LogP contribution in [0.4, 0.5) is 0 Å². The maximum atomic E-state index is 3.44. The number of hydrogen-bond acceptors (Lipinski definition) is 0. The molecule has 4 heteroatoms. The van der Waals surface area contributed by atoms with E-state index in [1.807, 2.05) is 0 Å². The van der Waals surface area contributed by atoms with Crippen LogP contribution in [0.5, 0.6) is 0 Å². The Labute approximate surface area is 176 Å². The molecular weight excluding hydrogens is 453 g/mol.